The number of rotatable bonds is 9. The van der Waals surface area contributed by atoms with Crippen LogP contribution in [0.1, 0.15) is 31.2 Å². The normalized spacial score (nSPS) is 15.8. The molecule has 0 atom stereocenters. The second-order valence-corrected chi connectivity index (χ2v) is 6.30. The molecule has 3 nitrogen and oxygen atoms in total. The molecule has 0 saturated carbocycles. The van der Waals surface area contributed by atoms with Gasteiger partial charge >= 0.3 is 0 Å². The highest BCUT2D eigenvalue weighted by Crippen LogP contribution is 2.15. The average Bonchev–Trinajstić information content (AvgIpc) is 2.97. The molecule has 1 aromatic rings. The minimum atomic E-state index is 0.831. The fourth-order valence-corrected chi connectivity index (χ4v) is 2.87. The molecule has 2 rings (SSSR count). The summed E-state index contributed by atoms with van der Waals surface area (Å²) in [5.41, 5.74) is 1.38. The largest absolute Gasteiger partial charge is 0.494 e. The van der Waals surface area contributed by atoms with Crippen molar-refractivity contribution in [3.8, 4) is 5.75 Å². The first-order valence-electron chi connectivity index (χ1n) is 8.33. The Hall–Kier alpha value is -1.06. The van der Waals surface area contributed by atoms with Crippen molar-refractivity contribution in [1.29, 1.82) is 0 Å². The van der Waals surface area contributed by atoms with Gasteiger partial charge in [0.2, 0.25) is 0 Å². The van der Waals surface area contributed by atoms with Crippen molar-refractivity contribution in [2.24, 2.45) is 0 Å². The SMILES string of the molecule is CN(C)CCCc1cccc(OCCCN2CCCC2)c1. The molecule has 0 unspecified atom stereocenters. The summed E-state index contributed by atoms with van der Waals surface area (Å²) in [4.78, 5) is 4.78. The summed E-state index contributed by atoms with van der Waals surface area (Å²) in [7, 11) is 4.25. The van der Waals surface area contributed by atoms with Crippen LogP contribution in [0.5, 0.6) is 5.75 Å². The molecule has 1 heterocycles. The first-order chi connectivity index (χ1) is 10.2. The summed E-state index contributed by atoms with van der Waals surface area (Å²) in [5, 5.41) is 0. The zero-order valence-corrected chi connectivity index (χ0v) is 13.7. The standard InChI is InChI=1S/C18H30N2O/c1-19(2)11-6-9-17-8-5-10-18(16-17)21-15-7-14-20-12-3-4-13-20/h5,8,10,16H,3-4,6-7,9,11-15H2,1-2H3. The highest BCUT2D eigenvalue weighted by molar-refractivity contribution is 5.28. The molecule has 0 N–H and O–H groups in total. The number of hydrogen-bond acceptors (Lipinski definition) is 3. The topological polar surface area (TPSA) is 15.7 Å². The average molecular weight is 290 g/mol. The Morgan fingerprint density at radius 1 is 1.14 bits per heavy atom. The molecule has 1 fully saturated rings. The van der Waals surface area contributed by atoms with Crippen molar-refractivity contribution in [3.05, 3.63) is 29.8 Å². The molecule has 0 bridgehead atoms. The highest BCUT2D eigenvalue weighted by atomic mass is 16.5. The van der Waals surface area contributed by atoms with Gasteiger partial charge in [-0.15, -0.1) is 0 Å². The molecule has 21 heavy (non-hydrogen) atoms. The summed E-state index contributed by atoms with van der Waals surface area (Å²) >= 11 is 0. The molecule has 1 aliphatic rings. The molecule has 3 heteroatoms. The van der Waals surface area contributed by atoms with Gasteiger partial charge in [0.25, 0.3) is 0 Å². The lowest BCUT2D eigenvalue weighted by atomic mass is 10.1. The zero-order valence-electron chi connectivity index (χ0n) is 13.7. The van der Waals surface area contributed by atoms with Gasteiger partial charge in [-0.3, -0.25) is 0 Å². The van der Waals surface area contributed by atoms with E-state index in [9.17, 15) is 0 Å². The maximum Gasteiger partial charge on any atom is 0.119 e. The van der Waals surface area contributed by atoms with E-state index < -0.39 is 0 Å². The van der Waals surface area contributed by atoms with Crippen molar-refractivity contribution >= 4 is 0 Å². The number of benzene rings is 1. The van der Waals surface area contributed by atoms with E-state index in [0.29, 0.717) is 0 Å². The molecule has 1 aromatic carbocycles. The number of nitrogens with zero attached hydrogens (tertiary/aromatic N) is 2. The van der Waals surface area contributed by atoms with Crippen LogP contribution < -0.4 is 4.74 Å². The van der Waals surface area contributed by atoms with Crippen molar-refractivity contribution in [2.75, 3.05) is 46.9 Å². The fraction of sp³-hybridized carbons (Fsp3) is 0.667. The van der Waals surface area contributed by atoms with Crippen LogP contribution in [-0.2, 0) is 6.42 Å². The molecule has 1 aliphatic heterocycles. The Morgan fingerprint density at radius 3 is 2.71 bits per heavy atom. The van der Waals surface area contributed by atoms with Crippen molar-refractivity contribution < 1.29 is 4.74 Å². The predicted octanol–water partition coefficient (Wildman–Crippen LogP) is 3.05. The number of hydrogen-bond donors (Lipinski definition) is 0. The van der Waals surface area contributed by atoms with E-state index in [2.05, 4.69) is 48.2 Å². The molecule has 0 aliphatic carbocycles. The minimum absolute atomic E-state index is 0.831. The molecular formula is C18H30N2O. The fourth-order valence-electron chi connectivity index (χ4n) is 2.87. The molecule has 1 saturated heterocycles. The second kappa shape index (κ2) is 9.06. The second-order valence-electron chi connectivity index (χ2n) is 6.30. The zero-order chi connectivity index (χ0) is 14.9. The third-order valence-electron chi connectivity index (χ3n) is 4.06. The molecule has 118 valence electrons. The van der Waals surface area contributed by atoms with Crippen LogP contribution in [0.15, 0.2) is 24.3 Å². The maximum atomic E-state index is 5.90. The Labute approximate surface area is 129 Å². The van der Waals surface area contributed by atoms with Crippen molar-refractivity contribution in [3.63, 3.8) is 0 Å². The lowest BCUT2D eigenvalue weighted by molar-refractivity contribution is 0.263. The van der Waals surface area contributed by atoms with Gasteiger partial charge in [0.1, 0.15) is 5.75 Å². The van der Waals surface area contributed by atoms with Gasteiger partial charge in [-0.1, -0.05) is 12.1 Å². The third kappa shape index (κ3) is 6.49. The quantitative estimate of drug-likeness (QED) is 0.650. The van der Waals surface area contributed by atoms with E-state index in [1.165, 1.54) is 44.5 Å². The van der Waals surface area contributed by atoms with Gasteiger partial charge in [0, 0.05) is 6.54 Å². The van der Waals surface area contributed by atoms with Crippen LogP contribution in [0.2, 0.25) is 0 Å². The van der Waals surface area contributed by atoms with Crippen LogP contribution >= 0.6 is 0 Å². The van der Waals surface area contributed by atoms with Gasteiger partial charge in [-0.25, -0.2) is 0 Å². The number of likely N-dealkylation sites (tertiary alicyclic amines) is 1. The third-order valence-corrected chi connectivity index (χ3v) is 4.06. The Kier molecular flexibility index (Phi) is 7.04. The van der Waals surface area contributed by atoms with E-state index in [0.717, 1.165) is 31.7 Å². The Morgan fingerprint density at radius 2 is 1.95 bits per heavy atom. The van der Waals surface area contributed by atoms with E-state index in [1.54, 1.807) is 0 Å². The number of ether oxygens (including phenoxy) is 1. The minimum Gasteiger partial charge on any atom is -0.494 e. The lowest BCUT2D eigenvalue weighted by Crippen LogP contribution is -2.21. The van der Waals surface area contributed by atoms with Crippen LogP contribution in [0.4, 0.5) is 0 Å². The highest BCUT2D eigenvalue weighted by Gasteiger charge is 2.10. The van der Waals surface area contributed by atoms with Gasteiger partial charge < -0.3 is 14.5 Å². The van der Waals surface area contributed by atoms with Crippen molar-refractivity contribution in [1.82, 2.24) is 9.80 Å². The van der Waals surface area contributed by atoms with Crippen LogP contribution in [0, 0.1) is 0 Å². The smallest absolute Gasteiger partial charge is 0.119 e. The first kappa shape index (κ1) is 16.3. The summed E-state index contributed by atoms with van der Waals surface area (Å²) in [6.45, 7) is 5.71. The molecule has 0 spiro atoms. The van der Waals surface area contributed by atoms with Gasteiger partial charge in [-0.05, 0) is 83.5 Å². The summed E-state index contributed by atoms with van der Waals surface area (Å²) in [6, 6.07) is 8.59. The summed E-state index contributed by atoms with van der Waals surface area (Å²) in [5.74, 6) is 1.03. The lowest BCUT2D eigenvalue weighted by Gasteiger charge is -2.14. The Bertz CT molecular complexity index is 400. The first-order valence-corrected chi connectivity index (χ1v) is 8.33. The monoisotopic (exact) mass is 290 g/mol. The van der Waals surface area contributed by atoms with Crippen LogP contribution in [-0.4, -0.2) is 56.7 Å². The summed E-state index contributed by atoms with van der Waals surface area (Å²) < 4.78 is 5.90. The van der Waals surface area contributed by atoms with Crippen molar-refractivity contribution in [2.45, 2.75) is 32.1 Å². The predicted molar refractivity (Wildman–Crippen MR) is 89.1 cm³/mol. The van der Waals surface area contributed by atoms with Crippen LogP contribution in [0.3, 0.4) is 0 Å². The molecule has 0 aromatic heterocycles. The molecule has 0 amide bonds. The summed E-state index contributed by atoms with van der Waals surface area (Å²) in [6.07, 6.45) is 6.20. The van der Waals surface area contributed by atoms with E-state index in [-0.39, 0.29) is 0 Å². The van der Waals surface area contributed by atoms with E-state index in [4.69, 9.17) is 4.74 Å². The molecule has 0 radical (unpaired) electrons. The van der Waals surface area contributed by atoms with Gasteiger partial charge in [0.15, 0.2) is 0 Å². The van der Waals surface area contributed by atoms with Gasteiger partial charge in [0.05, 0.1) is 6.61 Å². The Balaban J connectivity index is 1.65. The van der Waals surface area contributed by atoms with E-state index in [1.807, 2.05) is 0 Å². The van der Waals surface area contributed by atoms with Gasteiger partial charge in [-0.2, -0.15) is 0 Å². The van der Waals surface area contributed by atoms with Crippen LogP contribution in [0.25, 0.3) is 0 Å². The maximum absolute atomic E-state index is 5.90. The number of aryl methyl sites for hydroxylation is 1. The van der Waals surface area contributed by atoms with E-state index >= 15 is 0 Å². The molecular weight excluding hydrogens is 260 g/mol.